The zero-order valence-electron chi connectivity index (χ0n) is 37.2. The molecule has 0 aromatic rings. The molecule has 8 fully saturated rings. The van der Waals surface area contributed by atoms with Crippen molar-refractivity contribution in [2.75, 3.05) is 26.4 Å². The minimum Gasteiger partial charge on any atom is -0.396 e. The summed E-state index contributed by atoms with van der Waals surface area (Å²) in [6.07, 6.45) is -15.5. The number of aliphatic hydroxyl groups is 11. The van der Waals surface area contributed by atoms with E-state index in [9.17, 15) is 56.2 Å². The maximum absolute atomic E-state index is 13.0. The molecule has 9 aliphatic rings. The van der Waals surface area contributed by atoms with Crippen LogP contribution in [-0.4, -0.2) is 198 Å². The van der Waals surface area contributed by atoms with E-state index in [1.54, 1.807) is 0 Å². The van der Waals surface area contributed by atoms with Gasteiger partial charge in [0.1, 0.15) is 67.1 Å². The van der Waals surface area contributed by atoms with Crippen molar-refractivity contribution >= 4 is 0 Å². The maximum atomic E-state index is 13.0. The van der Waals surface area contributed by atoms with E-state index in [0.29, 0.717) is 32.3 Å². The molecule has 11 N–H and O–H groups in total. The summed E-state index contributed by atoms with van der Waals surface area (Å²) in [6.45, 7) is 7.31. The first-order chi connectivity index (χ1) is 30.3. The summed E-state index contributed by atoms with van der Waals surface area (Å²) in [5.41, 5.74) is -0.342. The minimum absolute atomic E-state index is 0.0194. The molecule has 5 saturated heterocycles. The topological polar surface area (TPSA) is 296 Å². The van der Waals surface area contributed by atoms with E-state index in [4.69, 9.17) is 37.9 Å². The molecule has 0 bridgehead atoms. The third-order valence-electron chi connectivity index (χ3n) is 18.0. The van der Waals surface area contributed by atoms with Gasteiger partial charge in [-0.25, -0.2) is 0 Å². The van der Waals surface area contributed by atoms with E-state index in [-0.39, 0.29) is 53.1 Å². The summed E-state index contributed by atoms with van der Waals surface area (Å²) in [5, 5.41) is 119. The van der Waals surface area contributed by atoms with Gasteiger partial charge in [0.05, 0.1) is 43.7 Å². The number of rotatable bonds is 9. The zero-order valence-corrected chi connectivity index (χ0v) is 37.2. The predicted octanol–water partition coefficient (Wildman–Crippen LogP) is -1.70. The van der Waals surface area contributed by atoms with Crippen LogP contribution in [0.4, 0.5) is 0 Å². The van der Waals surface area contributed by atoms with Crippen LogP contribution in [0.15, 0.2) is 11.6 Å². The number of fused-ring (bicyclic) bond motifs is 7. The second-order valence-electron chi connectivity index (χ2n) is 21.2. The molecule has 64 heavy (non-hydrogen) atoms. The fourth-order valence-electron chi connectivity index (χ4n) is 14.1. The smallest absolute Gasteiger partial charge is 0.187 e. The first kappa shape index (κ1) is 48.0. The van der Waals surface area contributed by atoms with Gasteiger partial charge < -0.3 is 94.1 Å². The van der Waals surface area contributed by atoms with Gasteiger partial charge in [-0.05, 0) is 69.1 Å². The number of hydrogen-bond donors (Lipinski definition) is 11. The van der Waals surface area contributed by atoms with Crippen LogP contribution in [-0.2, 0) is 37.9 Å². The SMILES string of the molecule is CC1OC(OC2C(CO)OC(OC3CCC4(C)C(=CCC5C4CCC4(C)C6C(CC54O)OC4(CCC(CO)CO4)C6C)C3)C(O)C2OC2OC(CO)C(O)C(O)C2O)C(O)C(O)C1O. The Bertz CT molecular complexity index is 1680. The highest BCUT2D eigenvalue weighted by Crippen LogP contribution is 2.72. The fourth-order valence-corrected chi connectivity index (χ4v) is 14.1. The van der Waals surface area contributed by atoms with Crippen LogP contribution in [0.1, 0.15) is 85.5 Å². The number of allylic oxidation sites excluding steroid dienone is 1. The number of ether oxygens (including phenoxy) is 8. The first-order valence-electron chi connectivity index (χ1n) is 23.6. The van der Waals surface area contributed by atoms with E-state index in [0.717, 1.165) is 32.1 Å². The Hall–Kier alpha value is -1.02. The molecule has 0 radical (unpaired) electrons. The molecule has 3 saturated carbocycles. The summed E-state index contributed by atoms with van der Waals surface area (Å²) >= 11 is 0. The molecule has 5 aliphatic heterocycles. The zero-order chi connectivity index (χ0) is 45.8. The molecule has 4 aliphatic carbocycles. The molecule has 9 rings (SSSR count). The van der Waals surface area contributed by atoms with E-state index in [1.165, 1.54) is 12.5 Å². The van der Waals surface area contributed by atoms with Gasteiger partial charge in [0.25, 0.3) is 0 Å². The van der Waals surface area contributed by atoms with Crippen molar-refractivity contribution in [2.24, 2.45) is 40.4 Å². The Balaban J connectivity index is 0.915. The maximum Gasteiger partial charge on any atom is 0.187 e. The Morgan fingerprint density at radius 2 is 1.33 bits per heavy atom. The molecular formula is C45H72O19. The van der Waals surface area contributed by atoms with Gasteiger partial charge >= 0.3 is 0 Å². The molecule has 0 aromatic carbocycles. The van der Waals surface area contributed by atoms with Gasteiger partial charge in [-0.15, -0.1) is 0 Å². The van der Waals surface area contributed by atoms with Crippen LogP contribution < -0.4 is 0 Å². The third-order valence-corrected chi connectivity index (χ3v) is 18.0. The highest BCUT2D eigenvalue weighted by atomic mass is 16.8. The van der Waals surface area contributed by atoms with Crippen molar-refractivity contribution in [2.45, 2.75) is 201 Å². The molecule has 19 nitrogen and oxygen atoms in total. The number of hydrogen-bond acceptors (Lipinski definition) is 19. The van der Waals surface area contributed by atoms with Crippen LogP contribution in [0, 0.1) is 40.4 Å². The third kappa shape index (κ3) is 7.50. The Labute approximate surface area is 373 Å². The molecule has 26 atom stereocenters. The Morgan fingerprint density at radius 1 is 0.672 bits per heavy atom. The van der Waals surface area contributed by atoms with E-state index in [1.807, 2.05) is 0 Å². The van der Waals surface area contributed by atoms with Gasteiger partial charge in [0.15, 0.2) is 24.7 Å². The highest BCUT2D eigenvalue weighted by molar-refractivity contribution is 5.29. The lowest BCUT2D eigenvalue weighted by Gasteiger charge is -2.62. The molecule has 1 spiro atoms. The average molecular weight is 917 g/mol. The Morgan fingerprint density at radius 3 is 2.00 bits per heavy atom. The van der Waals surface area contributed by atoms with E-state index in [2.05, 4.69) is 26.8 Å². The highest BCUT2D eigenvalue weighted by Gasteiger charge is 2.74. The van der Waals surface area contributed by atoms with E-state index >= 15 is 0 Å². The van der Waals surface area contributed by atoms with Gasteiger partial charge in [-0.1, -0.05) is 32.4 Å². The molecular weight excluding hydrogens is 844 g/mol. The standard InChI is InChI=1S/C45H72O19/c1-19-29-26(64-45(19)12-7-21(15-46)18-57-45)14-44(56)25-6-5-22-13-23(8-10-42(22,3)24(25)9-11-43(29,44)4)59-41-36(55)38(63-40-35(54)33(52)31(50)27(16-47)60-40)37(28(17-48)61-41)62-39-34(53)32(51)30(49)20(2)58-39/h5,19-21,23-41,46-56H,6-18H2,1-4H3. The number of aliphatic hydroxyl groups excluding tert-OH is 10. The lowest BCUT2D eigenvalue weighted by atomic mass is 9.45. The van der Waals surface area contributed by atoms with Crippen LogP contribution in [0.5, 0.6) is 0 Å². The summed E-state index contributed by atoms with van der Waals surface area (Å²) in [6, 6.07) is 0. The molecule has 19 heteroatoms. The second kappa shape index (κ2) is 17.7. The molecule has 366 valence electrons. The second-order valence-corrected chi connectivity index (χ2v) is 21.2. The molecule has 0 aromatic heterocycles. The molecule has 26 unspecified atom stereocenters. The normalized spacial score (nSPS) is 57.4. The van der Waals surface area contributed by atoms with Crippen molar-refractivity contribution in [3.05, 3.63) is 11.6 Å². The summed E-state index contributed by atoms with van der Waals surface area (Å²) < 4.78 is 49.4. The van der Waals surface area contributed by atoms with Crippen LogP contribution in [0.25, 0.3) is 0 Å². The predicted molar refractivity (Wildman–Crippen MR) is 217 cm³/mol. The van der Waals surface area contributed by atoms with Gasteiger partial charge in [-0.2, -0.15) is 0 Å². The lowest BCUT2D eigenvalue weighted by Crippen LogP contribution is -2.67. The summed E-state index contributed by atoms with van der Waals surface area (Å²) in [7, 11) is 0. The minimum atomic E-state index is -1.87. The monoisotopic (exact) mass is 916 g/mol. The summed E-state index contributed by atoms with van der Waals surface area (Å²) in [5.74, 6) is -0.114. The van der Waals surface area contributed by atoms with Crippen LogP contribution in [0.2, 0.25) is 0 Å². The van der Waals surface area contributed by atoms with Crippen LogP contribution >= 0.6 is 0 Å². The van der Waals surface area contributed by atoms with Crippen molar-refractivity contribution in [1.29, 1.82) is 0 Å². The fraction of sp³-hybridized carbons (Fsp3) is 0.956. The van der Waals surface area contributed by atoms with Gasteiger partial charge in [0, 0.05) is 42.6 Å². The Kier molecular flexibility index (Phi) is 13.3. The first-order valence-corrected chi connectivity index (χ1v) is 23.6. The van der Waals surface area contributed by atoms with Crippen molar-refractivity contribution in [3.63, 3.8) is 0 Å². The van der Waals surface area contributed by atoms with Crippen LogP contribution in [0.3, 0.4) is 0 Å². The van der Waals surface area contributed by atoms with Crippen molar-refractivity contribution in [3.8, 4) is 0 Å². The molecule has 0 amide bonds. The van der Waals surface area contributed by atoms with E-state index < -0.39 is 123 Å². The van der Waals surface area contributed by atoms with Gasteiger partial charge in [0.2, 0.25) is 0 Å². The van der Waals surface area contributed by atoms with Gasteiger partial charge in [-0.3, -0.25) is 0 Å². The quantitative estimate of drug-likeness (QED) is 0.115. The average Bonchev–Trinajstić information content (AvgIpc) is 3.68. The largest absolute Gasteiger partial charge is 0.396 e. The summed E-state index contributed by atoms with van der Waals surface area (Å²) in [4.78, 5) is 0. The molecule has 5 heterocycles. The van der Waals surface area contributed by atoms with Crippen molar-refractivity contribution < 1.29 is 94.1 Å². The lowest BCUT2D eigenvalue weighted by molar-refractivity contribution is -0.388. The van der Waals surface area contributed by atoms with Crippen molar-refractivity contribution in [1.82, 2.24) is 0 Å².